The van der Waals surface area contributed by atoms with E-state index < -0.39 is 6.61 Å². The average Bonchev–Trinajstić information content (AvgIpc) is 2.40. The molecule has 0 saturated carbocycles. The largest absolute Gasteiger partial charge is 0.434 e. The van der Waals surface area contributed by atoms with Gasteiger partial charge in [-0.2, -0.15) is 8.78 Å². The van der Waals surface area contributed by atoms with Crippen molar-refractivity contribution in [2.75, 3.05) is 0 Å². The summed E-state index contributed by atoms with van der Waals surface area (Å²) in [6.45, 7) is -1.00. The Hall–Kier alpha value is -1.75. The Morgan fingerprint density at radius 3 is 2.45 bits per heavy atom. The van der Waals surface area contributed by atoms with Crippen molar-refractivity contribution >= 4 is 21.7 Å². The molecule has 0 N–H and O–H groups in total. The van der Waals surface area contributed by atoms with Gasteiger partial charge in [0.05, 0.1) is 4.47 Å². The minimum absolute atomic E-state index is 0.000734. The second-order valence-electron chi connectivity index (χ2n) is 4.22. The van der Waals surface area contributed by atoms with Crippen molar-refractivity contribution in [3.8, 4) is 5.75 Å². The second kappa shape index (κ2) is 6.13. The summed E-state index contributed by atoms with van der Waals surface area (Å²) >= 11 is 3.12. The van der Waals surface area contributed by atoms with Gasteiger partial charge in [0, 0.05) is 11.1 Å². The summed E-state index contributed by atoms with van der Waals surface area (Å²) in [6.07, 6.45) is 0. The summed E-state index contributed by atoms with van der Waals surface area (Å²) in [5, 5.41) is 0. The molecule has 0 aliphatic rings. The summed E-state index contributed by atoms with van der Waals surface area (Å²) in [5.41, 5.74) is 1.94. The van der Waals surface area contributed by atoms with Crippen molar-refractivity contribution in [2.24, 2.45) is 0 Å². The van der Waals surface area contributed by atoms with Crippen LogP contribution in [0.3, 0.4) is 0 Å². The van der Waals surface area contributed by atoms with Crippen LogP contribution in [-0.4, -0.2) is 12.4 Å². The van der Waals surface area contributed by atoms with Gasteiger partial charge in [0.15, 0.2) is 5.78 Å². The molecule has 2 aromatic rings. The quantitative estimate of drug-likeness (QED) is 0.761. The van der Waals surface area contributed by atoms with E-state index in [0.717, 1.165) is 5.56 Å². The van der Waals surface area contributed by atoms with Gasteiger partial charge in [0.1, 0.15) is 5.75 Å². The molecule has 0 aliphatic carbocycles. The van der Waals surface area contributed by atoms with Crippen LogP contribution in [0.1, 0.15) is 21.5 Å². The van der Waals surface area contributed by atoms with Crippen molar-refractivity contribution in [1.82, 2.24) is 0 Å². The monoisotopic (exact) mass is 340 g/mol. The lowest BCUT2D eigenvalue weighted by molar-refractivity contribution is -0.0503. The molecular formula is C15H11BrF2O2. The van der Waals surface area contributed by atoms with E-state index in [1.807, 2.05) is 13.0 Å². The van der Waals surface area contributed by atoms with Crippen LogP contribution in [0.2, 0.25) is 0 Å². The molecule has 5 heteroatoms. The van der Waals surface area contributed by atoms with E-state index in [2.05, 4.69) is 20.7 Å². The first-order valence-electron chi connectivity index (χ1n) is 5.83. The Morgan fingerprint density at radius 2 is 1.85 bits per heavy atom. The Bertz CT molecular complexity index is 642. The van der Waals surface area contributed by atoms with Crippen molar-refractivity contribution in [3.05, 3.63) is 63.6 Å². The van der Waals surface area contributed by atoms with E-state index in [1.54, 1.807) is 18.2 Å². The number of carbonyl (C=O) groups excluding carboxylic acids is 1. The molecule has 0 atom stereocenters. The van der Waals surface area contributed by atoms with Crippen molar-refractivity contribution in [2.45, 2.75) is 13.5 Å². The Balaban J connectivity index is 2.30. The first kappa shape index (κ1) is 14.7. The molecule has 2 aromatic carbocycles. The molecular weight excluding hydrogens is 330 g/mol. The molecule has 0 saturated heterocycles. The maximum absolute atomic E-state index is 12.3. The van der Waals surface area contributed by atoms with E-state index in [9.17, 15) is 13.6 Å². The first-order valence-corrected chi connectivity index (χ1v) is 6.62. The summed E-state index contributed by atoms with van der Waals surface area (Å²) in [5.74, 6) is -0.168. The maximum Gasteiger partial charge on any atom is 0.387 e. The molecule has 0 unspecified atom stereocenters. The van der Waals surface area contributed by atoms with Crippen LogP contribution in [0.4, 0.5) is 8.78 Å². The number of ether oxygens (including phenoxy) is 1. The molecule has 0 bridgehead atoms. The first-order chi connectivity index (χ1) is 9.47. The molecule has 0 radical (unpaired) electrons. The number of alkyl halides is 2. The fourth-order valence-electron chi connectivity index (χ4n) is 1.79. The van der Waals surface area contributed by atoms with E-state index in [0.29, 0.717) is 15.6 Å². The number of aryl methyl sites for hydroxylation is 1. The van der Waals surface area contributed by atoms with Crippen molar-refractivity contribution in [3.63, 3.8) is 0 Å². The summed E-state index contributed by atoms with van der Waals surface area (Å²) in [6, 6.07) is 11.5. The van der Waals surface area contributed by atoms with Crippen LogP contribution < -0.4 is 4.74 Å². The number of rotatable bonds is 4. The molecule has 2 rings (SSSR count). The summed E-state index contributed by atoms with van der Waals surface area (Å²) < 4.78 is 28.9. The predicted molar refractivity (Wildman–Crippen MR) is 75.4 cm³/mol. The van der Waals surface area contributed by atoms with Gasteiger partial charge in [-0.05, 0) is 47.1 Å². The Labute approximate surface area is 123 Å². The number of ketones is 1. The van der Waals surface area contributed by atoms with Gasteiger partial charge >= 0.3 is 6.61 Å². The van der Waals surface area contributed by atoms with Crippen LogP contribution in [0.15, 0.2) is 46.9 Å². The third-order valence-electron chi connectivity index (χ3n) is 2.69. The molecule has 104 valence electrons. The third-order valence-corrected chi connectivity index (χ3v) is 3.31. The highest BCUT2D eigenvalue weighted by Gasteiger charge is 2.13. The van der Waals surface area contributed by atoms with Crippen LogP contribution in [0, 0.1) is 6.92 Å². The molecule has 2 nitrogen and oxygen atoms in total. The van der Waals surface area contributed by atoms with Gasteiger partial charge < -0.3 is 4.74 Å². The zero-order chi connectivity index (χ0) is 14.7. The van der Waals surface area contributed by atoms with Gasteiger partial charge in [0.2, 0.25) is 0 Å². The Kier molecular flexibility index (Phi) is 4.49. The standard InChI is InChI=1S/C15H11BrF2O2/c1-9-3-2-4-10(7-9)14(19)11-5-6-13(12(16)8-11)20-15(17)18/h2-8,15H,1H3. The minimum Gasteiger partial charge on any atom is -0.434 e. The van der Waals surface area contributed by atoms with Crippen LogP contribution >= 0.6 is 15.9 Å². The lowest BCUT2D eigenvalue weighted by Gasteiger charge is -2.08. The summed E-state index contributed by atoms with van der Waals surface area (Å²) in [4.78, 5) is 12.3. The number of halogens is 3. The van der Waals surface area contributed by atoms with Crippen molar-refractivity contribution in [1.29, 1.82) is 0 Å². The van der Waals surface area contributed by atoms with Gasteiger partial charge in [-0.1, -0.05) is 23.8 Å². The van der Waals surface area contributed by atoms with Crippen molar-refractivity contribution < 1.29 is 18.3 Å². The van der Waals surface area contributed by atoms with Crippen LogP contribution in [0.5, 0.6) is 5.75 Å². The van der Waals surface area contributed by atoms with Gasteiger partial charge in [0.25, 0.3) is 0 Å². The zero-order valence-corrected chi connectivity index (χ0v) is 12.2. The molecule has 0 amide bonds. The molecule has 0 aliphatic heterocycles. The molecule has 0 fully saturated rings. The number of hydrogen-bond donors (Lipinski definition) is 0. The number of benzene rings is 2. The Morgan fingerprint density at radius 1 is 1.15 bits per heavy atom. The zero-order valence-electron chi connectivity index (χ0n) is 10.6. The SMILES string of the molecule is Cc1cccc(C(=O)c2ccc(OC(F)F)c(Br)c2)c1. The van der Waals surface area contributed by atoms with E-state index in [-0.39, 0.29) is 11.5 Å². The van der Waals surface area contributed by atoms with Gasteiger partial charge in [-0.3, -0.25) is 4.79 Å². The normalized spacial score (nSPS) is 10.7. The molecule has 20 heavy (non-hydrogen) atoms. The highest BCUT2D eigenvalue weighted by atomic mass is 79.9. The fourth-order valence-corrected chi connectivity index (χ4v) is 2.26. The number of carbonyl (C=O) groups is 1. The predicted octanol–water partition coefficient (Wildman–Crippen LogP) is 4.59. The van der Waals surface area contributed by atoms with E-state index in [4.69, 9.17) is 0 Å². The molecule has 0 spiro atoms. The second-order valence-corrected chi connectivity index (χ2v) is 5.08. The highest BCUT2D eigenvalue weighted by molar-refractivity contribution is 9.10. The van der Waals surface area contributed by atoms with Gasteiger partial charge in [-0.25, -0.2) is 0 Å². The average molecular weight is 341 g/mol. The van der Waals surface area contributed by atoms with Gasteiger partial charge in [-0.15, -0.1) is 0 Å². The maximum atomic E-state index is 12.3. The van der Waals surface area contributed by atoms with E-state index >= 15 is 0 Å². The fraction of sp³-hybridized carbons (Fsp3) is 0.133. The topological polar surface area (TPSA) is 26.3 Å². The third kappa shape index (κ3) is 3.42. The molecule has 0 aromatic heterocycles. The lowest BCUT2D eigenvalue weighted by atomic mass is 10.0. The van der Waals surface area contributed by atoms with E-state index in [1.165, 1.54) is 18.2 Å². The minimum atomic E-state index is -2.90. The van der Waals surface area contributed by atoms with Crippen LogP contribution in [-0.2, 0) is 0 Å². The highest BCUT2D eigenvalue weighted by Crippen LogP contribution is 2.28. The number of hydrogen-bond acceptors (Lipinski definition) is 2. The van der Waals surface area contributed by atoms with Crippen LogP contribution in [0.25, 0.3) is 0 Å². The molecule has 0 heterocycles. The lowest BCUT2D eigenvalue weighted by Crippen LogP contribution is -2.05. The summed E-state index contributed by atoms with van der Waals surface area (Å²) in [7, 11) is 0. The smallest absolute Gasteiger partial charge is 0.387 e.